The summed E-state index contributed by atoms with van der Waals surface area (Å²) >= 11 is 0. The average molecular weight is 407 g/mol. The normalized spacial score (nSPS) is 17.9. The quantitative estimate of drug-likeness (QED) is 0.497. The summed E-state index contributed by atoms with van der Waals surface area (Å²) in [7, 11) is 0. The standard InChI is InChI=1S/C29H30N2/c1-18-9-8-10-22(11-18)24-14-23-15-28(29(5,6)7)31-17-26(21(4)16-30)20(3)13-27(31)25(23)12-19(24)2/h8-14,17,28H,3-4,15H2,1-2,5-7H3. The van der Waals surface area contributed by atoms with E-state index in [-0.39, 0.29) is 11.5 Å². The van der Waals surface area contributed by atoms with Gasteiger partial charge in [-0.25, -0.2) is 0 Å². The minimum absolute atomic E-state index is 0.0550. The van der Waals surface area contributed by atoms with Gasteiger partial charge in [-0.15, -0.1) is 0 Å². The van der Waals surface area contributed by atoms with Gasteiger partial charge in [-0.05, 0) is 65.7 Å². The highest BCUT2D eigenvalue weighted by molar-refractivity contribution is 5.81. The van der Waals surface area contributed by atoms with Gasteiger partial charge in [-0.2, -0.15) is 5.26 Å². The van der Waals surface area contributed by atoms with Crippen LogP contribution >= 0.6 is 0 Å². The first-order valence-corrected chi connectivity index (χ1v) is 10.8. The third kappa shape index (κ3) is 3.66. The molecule has 4 rings (SSSR count). The molecule has 0 aromatic heterocycles. The highest BCUT2D eigenvalue weighted by Gasteiger charge is 2.38. The Hall–Kier alpha value is -3.31. The lowest BCUT2D eigenvalue weighted by molar-refractivity contribution is 0.189. The first-order chi connectivity index (χ1) is 14.6. The van der Waals surface area contributed by atoms with E-state index in [2.05, 4.69) is 107 Å². The Morgan fingerprint density at radius 3 is 2.52 bits per heavy atom. The summed E-state index contributed by atoms with van der Waals surface area (Å²) in [6.07, 6.45) is 5.16. The van der Waals surface area contributed by atoms with Crippen molar-refractivity contribution < 1.29 is 0 Å². The lowest BCUT2D eigenvalue weighted by Crippen LogP contribution is -2.45. The average Bonchev–Trinajstić information content (AvgIpc) is 2.71. The Balaban J connectivity index is 1.90. The Kier molecular flexibility index (Phi) is 5.02. The van der Waals surface area contributed by atoms with Crippen LogP contribution in [0.3, 0.4) is 0 Å². The van der Waals surface area contributed by atoms with E-state index in [4.69, 9.17) is 0 Å². The van der Waals surface area contributed by atoms with Gasteiger partial charge in [-0.1, -0.05) is 69.8 Å². The second-order valence-corrected chi connectivity index (χ2v) is 9.87. The molecule has 0 saturated carbocycles. The molecule has 31 heavy (non-hydrogen) atoms. The van der Waals surface area contributed by atoms with Crippen molar-refractivity contribution >= 4 is 5.70 Å². The summed E-state index contributed by atoms with van der Waals surface area (Å²) in [5.74, 6) is 0. The second kappa shape index (κ2) is 7.43. The summed E-state index contributed by atoms with van der Waals surface area (Å²) in [5, 5.41) is 9.41. The molecule has 2 aliphatic rings. The van der Waals surface area contributed by atoms with Gasteiger partial charge in [0.1, 0.15) is 0 Å². The van der Waals surface area contributed by atoms with Gasteiger partial charge in [0, 0.05) is 29.1 Å². The van der Waals surface area contributed by atoms with Crippen molar-refractivity contribution in [1.82, 2.24) is 4.90 Å². The molecule has 2 aliphatic heterocycles. The molecule has 2 nitrogen and oxygen atoms in total. The summed E-state index contributed by atoms with van der Waals surface area (Å²) in [5.41, 5.74) is 11.1. The third-order valence-electron chi connectivity index (χ3n) is 6.47. The Morgan fingerprint density at radius 1 is 1.13 bits per heavy atom. The molecular formula is C29H30N2. The number of allylic oxidation sites excluding steroid dienone is 4. The van der Waals surface area contributed by atoms with Crippen LogP contribution in [0.2, 0.25) is 0 Å². The maximum atomic E-state index is 9.41. The monoisotopic (exact) mass is 406 g/mol. The van der Waals surface area contributed by atoms with Crippen LogP contribution in [0.1, 0.15) is 43.0 Å². The molecule has 0 fully saturated rings. The van der Waals surface area contributed by atoms with E-state index in [1.54, 1.807) is 0 Å². The molecule has 0 aliphatic carbocycles. The predicted molar refractivity (Wildman–Crippen MR) is 130 cm³/mol. The van der Waals surface area contributed by atoms with Crippen molar-refractivity contribution in [3.63, 3.8) is 0 Å². The smallest absolute Gasteiger partial charge is 0.0992 e. The third-order valence-corrected chi connectivity index (χ3v) is 6.47. The van der Waals surface area contributed by atoms with Gasteiger partial charge in [0.05, 0.1) is 11.6 Å². The van der Waals surface area contributed by atoms with Crippen LogP contribution in [0.4, 0.5) is 0 Å². The van der Waals surface area contributed by atoms with Crippen LogP contribution in [0.5, 0.6) is 0 Å². The summed E-state index contributed by atoms with van der Waals surface area (Å²) in [6.45, 7) is 19.3. The van der Waals surface area contributed by atoms with Gasteiger partial charge in [0.25, 0.3) is 0 Å². The van der Waals surface area contributed by atoms with E-state index >= 15 is 0 Å². The molecule has 0 N–H and O–H groups in total. The zero-order valence-corrected chi connectivity index (χ0v) is 19.2. The number of hydrogen-bond donors (Lipinski definition) is 0. The van der Waals surface area contributed by atoms with Crippen molar-refractivity contribution in [3.05, 3.63) is 101 Å². The number of benzene rings is 2. The number of nitriles is 1. The highest BCUT2D eigenvalue weighted by atomic mass is 15.2. The summed E-state index contributed by atoms with van der Waals surface area (Å²) in [4.78, 5) is 2.35. The van der Waals surface area contributed by atoms with Crippen LogP contribution in [0.25, 0.3) is 16.8 Å². The van der Waals surface area contributed by atoms with Gasteiger partial charge in [-0.3, -0.25) is 0 Å². The fourth-order valence-corrected chi connectivity index (χ4v) is 4.73. The largest absolute Gasteiger partial charge is 0.343 e. The first-order valence-electron chi connectivity index (χ1n) is 10.8. The lowest BCUT2D eigenvalue weighted by Gasteiger charge is -2.47. The maximum absolute atomic E-state index is 9.41. The molecule has 156 valence electrons. The molecule has 1 atom stereocenters. The van der Waals surface area contributed by atoms with Crippen molar-refractivity contribution in [2.75, 3.05) is 0 Å². The number of rotatable bonds is 2. The Bertz CT molecular complexity index is 1210. The predicted octanol–water partition coefficient (Wildman–Crippen LogP) is 7.12. The Morgan fingerprint density at radius 2 is 1.87 bits per heavy atom. The number of nitrogens with zero attached hydrogens (tertiary/aromatic N) is 2. The molecule has 0 bridgehead atoms. The molecule has 2 aromatic rings. The van der Waals surface area contributed by atoms with Crippen LogP contribution in [0, 0.1) is 30.6 Å². The van der Waals surface area contributed by atoms with E-state index in [1.807, 2.05) is 0 Å². The number of fused-ring (bicyclic) bond motifs is 3. The van der Waals surface area contributed by atoms with Crippen molar-refractivity contribution in [2.45, 2.75) is 47.1 Å². The molecule has 2 heteroatoms. The van der Waals surface area contributed by atoms with E-state index < -0.39 is 0 Å². The van der Waals surface area contributed by atoms with Crippen molar-refractivity contribution in [2.24, 2.45) is 5.41 Å². The number of aryl methyl sites for hydroxylation is 2. The van der Waals surface area contributed by atoms with Crippen LogP contribution < -0.4 is 0 Å². The van der Waals surface area contributed by atoms with Gasteiger partial charge >= 0.3 is 0 Å². The van der Waals surface area contributed by atoms with E-state index in [9.17, 15) is 5.26 Å². The summed E-state index contributed by atoms with van der Waals surface area (Å²) < 4.78 is 0. The highest BCUT2D eigenvalue weighted by Crippen LogP contribution is 2.45. The van der Waals surface area contributed by atoms with Crippen LogP contribution in [-0.4, -0.2) is 10.9 Å². The number of hydrogen-bond acceptors (Lipinski definition) is 2. The molecule has 0 saturated heterocycles. The van der Waals surface area contributed by atoms with E-state index in [0.29, 0.717) is 5.57 Å². The van der Waals surface area contributed by atoms with Gasteiger partial charge in [0.2, 0.25) is 0 Å². The lowest BCUT2D eigenvalue weighted by atomic mass is 9.75. The molecule has 0 spiro atoms. The van der Waals surface area contributed by atoms with Crippen molar-refractivity contribution in [1.29, 1.82) is 5.26 Å². The zero-order chi connectivity index (χ0) is 22.5. The van der Waals surface area contributed by atoms with E-state index in [1.165, 1.54) is 39.1 Å². The van der Waals surface area contributed by atoms with E-state index in [0.717, 1.165) is 17.6 Å². The topological polar surface area (TPSA) is 27.0 Å². The van der Waals surface area contributed by atoms with Crippen LogP contribution in [0.15, 0.2) is 78.6 Å². The molecule has 1 unspecified atom stereocenters. The molecule has 0 amide bonds. The molecular weight excluding hydrogens is 376 g/mol. The van der Waals surface area contributed by atoms with Gasteiger partial charge < -0.3 is 4.90 Å². The molecule has 2 heterocycles. The van der Waals surface area contributed by atoms with Crippen LogP contribution in [-0.2, 0) is 6.42 Å². The fourth-order valence-electron chi connectivity index (χ4n) is 4.73. The fraction of sp³-hybridized carbons (Fsp3) is 0.276. The second-order valence-electron chi connectivity index (χ2n) is 9.87. The summed E-state index contributed by atoms with van der Waals surface area (Å²) in [6, 6.07) is 15.9. The maximum Gasteiger partial charge on any atom is 0.0992 e. The zero-order valence-electron chi connectivity index (χ0n) is 19.2. The van der Waals surface area contributed by atoms with Gasteiger partial charge in [0.15, 0.2) is 0 Å². The van der Waals surface area contributed by atoms with Crippen molar-refractivity contribution in [3.8, 4) is 17.2 Å². The molecule has 0 radical (unpaired) electrons. The first kappa shape index (κ1) is 20.9. The minimum Gasteiger partial charge on any atom is -0.343 e. The minimum atomic E-state index is 0.0550. The molecule has 2 aromatic carbocycles. The SMILES string of the molecule is C=C(C#N)C1=CN2C(=CC1=C)c1cc(C)c(-c3cccc(C)c3)cc1CC2C(C)(C)C. The Labute approximate surface area is 186 Å².